The molecule has 0 saturated carbocycles. The Morgan fingerprint density at radius 2 is 2.23 bits per heavy atom. The van der Waals surface area contributed by atoms with Crippen LogP contribution in [0.3, 0.4) is 0 Å². The maximum absolute atomic E-state index is 12.8. The summed E-state index contributed by atoms with van der Waals surface area (Å²) in [6.07, 6.45) is 4.74. The molecule has 1 aliphatic heterocycles. The topological polar surface area (TPSA) is 75.2 Å². The molecule has 0 bridgehead atoms. The Morgan fingerprint density at radius 1 is 1.38 bits per heavy atom. The molecule has 3 heterocycles. The highest BCUT2D eigenvalue weighted by atomic mass is 16.5. The normalized spacial score (nSPS) is 20.7. The van der Waals surface area contributed by atoms with Crippen molar-refractivity contribution in [2.24, 2.45) is 0 Å². The lowest BCUT2D eigenvalue weighted by molar-refractivity contribution is 0.0363. The Morgan fingerprint density at radius 3 is 3.08 bits per heavy atom. The van der Waals surface area contributed by atoms with Crippen LogP contribution in [0.5, 0.6) is 0 Å². The smallest absolute Gasteiger partial charge is 0.268 e. The van der Waals surface area contributed by atoms with E-state index in [0.717, 1.165) is 75.7 Å². The van der Waals surface area contributed by atoms with E-state index in [1.165, 1.54) is 5.56 Å². The highest BCUT2D eigenvalue weighted by molar-refractivity contribution is 5.93. The van der Waals surface area contributed by atoms with E-state index < -0.39 is 0 Å². The Balaban J connectivity index is 1.34. The molecule has 1 fully saturated rings. The zero-order valence-electron chi connectivity index (χ0n) is 15.3. The molecule has 2 aromatic heterocycles. The number of rotatable bonds is 5. The van der Waals surface area contributed by atoms with Gasteiger partial charge in [-0.3, -0.25) is 14.8 Å². The number of aryl methyl sites for hydroxylation is 1. The molecule has 1 saturated heterocycles. The van der Waals surface area contributed by atoms with Crippen molar-refractivity contribution >= 4 is 5.91 Å². The number of ether oxygens (including phenoxy) is 1. The summed E-state index contributed by atoms with van der Waals surface area (Å²) in [6.45, 7) is 7.37. The zero-order valence-corrected chi connectivity index (χ0v) is 15.3. The van der Waals surface area contributed by atoms with Crippen molar-refractivity contribution < 1.29 is 9.53 Å². The predicted octanol–water partition coefficient (Wildman–Crippen LogP) is 1.14. The molecular formula is C19H27N5O2. The van der Waals surface area contributed by atoms with Crippen LogP contribution < -0.4 is 5.32 Å². The van der Waals surface area contributed by atoms with Gasteiger partial charge in [0.1, 0.15) is 5.69 Å². The number of morpholine rings is 1. The fourth-order valence-corrected chi connectivity index (χ4v) is 3.93. The van der Waals surface area contributed by atoms with Crippen LogP contribution in [0, 0.1) is 6.92 Å². The fourth-order valence-electron chi connectivity index (χ4n) is 3.93. The minimum absolute atomic E-state index is 0.0117. The molecule has 26 heavy (non-hydrogen) atoms. The second kappa shape index (κ2) is 7.63. The van der Waals surface area contributed by atoms with Crippen molar-refractivity contribution in [2.45, 2.75) is 38.8 Å². The third kappa shape index (κ3) is 3.68. The molecule has 140 valence electrons. The Labute approximate surface area is 153 Å². The molecule has 7 nitrogen and oxygen atoms in total. The van der Waals surface area contributed by atoms with E-state index in [0.29, 0.717) is 0 Å². The molecular weight excluding hydrogens is 330 g/mol. The number of H-pyrrole nitrogens is 1. The summed E-state index contributed by atoms with van der Waals surface area (Å²) in [4.78, 5) is 15.2. The number of carbonyl (C=O) groups is 1. The van der Waals surface area contributed by atoms with Crippen LogP contribution in [0.2, 0.25) is 0 Å². The first-order chi connectivity index (χ1) is 12.7. The molecule has 0 spiro atoms. The first-order valence-electron chi connectivity index (χ1n) is 9.49. The average molecular weight is 357 g/mol. The van der Waals surface area contributed by atoms with Gasteiger partial charge in [-0.1, -0.05) is 0 Å². The molecule has 2 aromatic rings. The summed E-state index contributed by atoms with van der Waals surface area (Å²) in [5.74, 6) is 0.0117. The van der Waals surface area contributed by atoms with Gasteiger partial charge in [-0.25, -0.2) is 0 Å². The Bertz CT molecular complexity index is 760. The van der Waals surface area contributed by atoms with E-state index >= 15 is 0 Å². The van der Waals surface area contributed by atoms with Crippen molar-refractivity contribution in [3.8, 4) is 0 Å². The molecule has 2 aliphatic rings. The lowest BCUT2D eigenvalue weighted by Gasteiger charge is -2.27. The van der Waals surface area contributed by atoms with Crippen LogP contribution in [-0.4, -0.2) is 64.5 Å². The zero-order chi connectivity index (χ0) is 17.9. The molecule has 2 N–H and O–H groups in total. The molecule has 1 aliphatic carbocycles. The van der Waals surface area contributed by atoms with Gasteiger partial charge in [-0.15, -0.1) is 0 Å². The average Bonchev–Trinajstić information content (AvgIpc) is 3.28. The molecule has 1 amide bonds. The van der Waals surface area contributed by atoms with Crippen molar-refractivity contribution in [1.82, 2.24) is 25.0 Å². The number of amides is 1. The van der Waals surface area contributed by atoms with Crippen molar-refractivity contribution in [2.75, 3.05) is 32.8 Å². The quantitative estimate of drug-likeness (QED) is 0.841. The van der Waals surface area contributed by atoms with Gasteiger partial charge >= 0.3 is 0 Å². The first kappa shape index (κ1) is 17.3. The minimum atomic E-state index is 0.0117. The fraction of sp³-hybridized carbons (Fsp3) is 0.579. The van der Waals surface area contributed by atoms with Crippen LogP contribution in [0.1, 0.15) is 33.9 Å². The summed E-state index contributed by atoms with van der Waals surface area (Å²) in [7, 11) is 0. The third-order valence-electron chi connectivity index (χ3n) is 5.50. The molecule has 7 heteroatoms. The van der Waals surface area contributed by atoms with Gasteiger partial charge in [0.25, 0.3) is 5.91 Å². The van der Waals surface area contributed by atoms with Crippen LogP contribution in [0.15, 0.2) is 18.3 Å². The SMILES string of the molecule is Cc1[nH]nc2c1CCC(NC(=O)c1cccn1CCN1CCOCC1)C2. The summed E-state index contributed by atoms with van der Waals surface area (Å²) in [6, 6.07) is 4.01. The molecule has 1 unspecified atom stereocenters. The molecule has 0 radical (unpaired) electrons. The van der Waals surface area contributed by atoms with Crippen LogP contribution in [0.4, 0.5) is 0 Å². The van der Waals surface area contributed by atoms with Gasteiger partial charge in [0.05, 0.1) is 18.9 Å². The maximum atomic E-state index is 12.8. The third-order valence-corrected chi connectivity index (χ3v) is 5.50. The summed E-state index contributed by atoms with van der Waals surface area (Å²) < 4.78 is 7.44. The van der Waals surface area contributed by atoms with Gasteiger partial charge in [0, 0.05) is 50.5 Å². The summed E-state index contributed by atoms with van der Waals surface area (Å²) in [5, 5.41) is 10.6. The largest absolute Gasteiger partial charge is 0.379 e. The van der Waals surface area contributed by atoms with Crippen LogP contribution >= 0.6 is 0 Å². The summed E-state index contributed by atoms with van der Waals surface area (Å²) >= 11 is 0. The van der Waals surface area contributed by atoms with Gasteiger partial charge in [-0.05, 0) is 37.5 Å². The first-order valence-corrected chi connectivity index (χ1v) is 9.49. The second-order valence-corrected chi connectivity index (χ2v) is 7.23. The van der Waals surface area contributed by atoms with Crippen molar-refractivity contribution in [3.63, 3.8) is 0 Å². The van der Waals surface area contributed by atoms with Crippen LogP contribution in [0.25, 0.3) is 0 Å². The number of aromatic amines is 1. The van der Waals surface area contributed by atoms with E-state index in [1.54, 1.807) is 0 Å². The van der Waals surface area contributed by atoms with E-state index in [9.17, 15) is 4.79 Å². The van der Waals surface area contributed by atoms with E-state index in [2.05, 4.69) is 31.9 Å². The Kier molecular flexibility index (Phi) is 5.08. The maximum Gasteiger partial charge on any atom is 0.268 e. The number of hydrogen-bond donors (Lipinski definition) is 2. The lowest BCUT2D eigenvalue weighted by atomic mass is 9.92. The van der Waals surface area contributed by atoms with Gasteiger partial charge < -0.3 is 14.6 Å². The molecule has 1 atom stereocenters. The van der Waals surface area contributed by atoms with Gasteiger partial charge in [0.2, 0.25) is 0 Å². The van der Waals surface area contributed by atoms with E-state index in [4.69, 9.17) is 4.74 Å². The Hall–Kier alpha value is -2.12. The molecule has 4 rings (SSSR count). The van der Waals surface area contributed by atoms with Gasteiger partial charge in [-0.2, -0.15) is 5.10 Å². The number of carbonyl (C=O) groups excluding carboxylic acids is 1. The minimum Gasteiger partial charge on any atom is -0.379 e. The predicted molar refractivity (Wildman–Crippen MR) is 98.3 cm³/mol. The van der Waals surface area contributed by atoms with Crippen molar-refractivity contribution in [3.05, 3.63) is 41.0 Å². The van der Waals surface area contributed by atoms with E-state index in [-0.39, 0.29) is 11.9 Å². The number of nitrogens with one attached hydrogen (secondary N) is 2. The highest BCUT2D eigenvalue weighted by Gasteiger charge is 2.24. The highest BCUT2D eigenvalue weighted by Crippen LogP contribution is 2.22. The number of nitrogens with zero attached hydrogens (tertiary/aromatic N) is 3. The summed E-state index contributed by atoms with van der Waals surface area (Å²) in [5.41, 5.74) is 4.31. The monoisotopic (exact) mass is 357 g/mol. The second-order valence-electron chi connectivity index (χ2n) is 7.23. The standard InChI is InChI=1S/C19H27N5O2/c1-14-16-5-4-15(13-17(16)22-21-14)20-19(25)18-3-2-6-24(18)8-7-23-9-11-26-12-10-23/h2-3,6,15H,4-5,7-13H2,1H3,(H,20,25)(H,21,22). The van der Waals surface area contributed by atoms with E-state index in [1.807, 2.05) is 18.3 Å². The van der Waals surface area contributed by atoms with Gasteiger partial charge in [0.15, 0.2) is 0 Å². The lowest BCUT2D eigenvalue weighted by Crippen LogP contribution is -2.40. The number of fused-ring (bicyclic) bond motifs is 1. The van der Waals surface area contributed by atoms with Crippen molar-refractivity contribution in [1.29, 1.82) is 0 Å². The number of aromatic nitrogens is 3. The molecule has 0 aromatic carbocycles. The number of hydrogen-bond acceptors (Lipinski definition) is 4. The van der Waals surface area contributed by atoms with Crippen LogP contribution in [-0.2, 0) is 24.1 Å².